The minimum Gasteiger partial charge on any atom is -0.480 e. The van der Waals surface area contributed by atoms with Gasteiger partial charge in [-0.1, -0.05) is 44.2 Å². The summed E-state index contributed by atoms with van der Waals surface area (Å²) in [5.74, 6) is -0.715. The molecule has 0 saturated carbocycles. The van der Waals surface area contributed by atoms with Crippen LogP contribution in [0.4, 0.5) is 0 Å². The third kappa shape index (κ3) is 4.05. The molecule has 2 unspecified atom stereocenters. The summed E-state index contributed by atoms with van der Waals surface area (Å²) in [6.07, 6.45) is 1.86. The lowest BCUT2D eigenvalue weighted by atomic mass is 9.92. The van der Waals surface area contributed by atoms with Crippen molar-refractivity contribution in [1.82, 2.24) is 0 Å². The van der Waals surface area contributed by atoms with Crippen molar-refractivity contribution in [2.24, 2.45) is 5.92 Å². The molecular formula is C20H26O5. The van der Waals surface area contributed by atoms with Gasteiger partial charge in [-0.2, -0.15) is 0 Å². The summed E-state index contributed by atoms with van der Waals surface area (Å²) in [4.78, 5) is 12.5. The molecule has 1 fully saturated rings. The van der Waals surface area contributed by atoms with Gasteiger partial charge in [0.05, 0.1) is 0 Å². The Morgan fingerprint density at radius 2 is 1.96 bits per heavy atom. The Labute approximate surface area is 148 Å². The fourth-order valence-electron chi connectivity index (χ4n) is 3.19. The van der Waals surface area contributed by atoms with Crippen LogP contribution >= 0.6 is 0 Å². The number of benzene rings is 1. The van der Waals surface area contributed by atoms with Crippen LogP contribution in [0.15, 0.2) is 42.2 Å². The van der Waals surface area contributed by atoms with E-state index in [-0.39, 0.29) is 36.6 Å². The van der Waals surface area contributed by atoms with Crippen molar-refractivity contribution >= 4 is 5.97 Å². The number of fused-ring (bicyclic) bond motifs is 1. The van der Waals surface area contributed by atoms with E-state index < -0.39 is 11.8 Å². The molecule has 2 aliphatic rings. The largest absolute Gasteiger partial charge is 0.480 e. The van der Waals surface area contributed by atoms with Crippen LogP contribution in [-0.2, 0) is 30.3 Å². The Bertz CT molecular complexity index is 637. The van der Waals surface area contributed by atoms with Crippen LogP contribution in [0.3, 0.4) is 0 Å². The van der Waals surface area contributed by atoms with Gasteiger partial charge in [0, 0.05) is 0 Å². The predicted octanol–water partition coefficient (Wildman–Crippen LogP) is 3.58. The van der Waals surface area contributed by atoms with E-state index in [0.29, 0.717) is 0 Å². The van der Waals surface area contributed by atoms with E-state index in [4.69, 9.17) is 18.9 Å². The molecule has 0 radical (unpaired) electrons. The van der Waals surface area contributed by atoms with Crippen molar-refractivity contribution in [3.05, 3.63) is 47.7 Å². The number of hydrogen-bond acceptors (Lipinski definition) is 5. The summed E-state index contributed by atoms with van der Waals surface area (Å²) < 4.78 is 23.3. The second kappa shape index (κ2) is 7.18. The summed E-state index contributed by atoms with van der Waals surface area (Å²) in [7, 11) is 0. The summed E-state index contributed by atoms with van der Waals surface area (Å²) >= 11 is 0. The molecule has 0 amide bonds. The Morgan fingerprint density at radius 3 is 2.64 bits per heavy atom. The monoisotopic (exact) mass is 346 g/mol. The first-order chi connectivity index (χ1) is 11.9. The van der Waals surface area contributed by atoms with Crippen molar-refractivity contribution in [1.29, 1.82) is 0 Å². The lowest BCUT2D eigenvalue weighted by Crippen LogP contribution is -2.44. The normalized spacial score (nSPS) is 28.5. The van der Waals surface area contributed by atoms with Crippen molar-refractivity contribution in [3.8, 4) is 0 Å². The first-order valence-electron chi connectivity index (χ1n) is 8.85. The molecule has 2 aliphatic heterocycles. The average Bonchev–Trinajstić information content (AvgIpc) is 2.92. The molecule has 0 aliphatic carbocycles. The van der Waals surface area contributed by atoms with Crippen LogP contribution in [0.5, 0.6) is 0 Å². The first-order valence-corrected chi connectivity index (χ1v) is 8.85. The van der Waals surface area contributed by atoms with Gasteiger partial charge in [-0.25, -0.2) is 4.79 Å². The molecule has 1 saturated heterocycles. The minimum atomic E-state index is -0.690. The van der Waals surface area contributed by atoms with Gasteiger partial charge in [-0.05, 0) is 37.8 Å². The van der Waals surface area contributed by atoms with Crippen molar-refractivity contribution < 1.29 is 23.7 Å². The lowest BCUT2D eigenvalue weighted by Gasteiger charge is -2.34. The summed E-state index contributed by atoms with van der Waals surface area (Å²) in [6.45, 7) is 8.15. The predicted molar refractivity (Wildman–Crippen MR) is 92.5 cm³/mol. The van der Waals surface area contributed by atoms with Crippen LogP contribution in [0.2, 0.25) is 0 Å². The molecule has 1 aromatic carbocycles. The van der Waals surface area contributed by atoms with E-state index >= 15 is 0 Å². The fraction of sp³-hybridized carbons (Fsp3) is 0.550. The second-order valence-electron chi connectivity index (χ2n) is 7.13. The number of esters is 1. The van der Waals surface area contributed by atoms with Gasteiger partial charge in [0.25, 0.3) is 0 Å². The van der Waals surface area contributed by atoms with Crippen molar-refractivity contribution in [2.45, 2.75) is 64.8 Å². The molecule has 5 heteroatoms. The first kappa shape index (κ1) is 18.0. The lowest BCUT2D eigenvalue weighted by molar-refractivity contribution is -0.161. The number of hydrogen-bond donors (Lipinski definition) is 0. The SMILES string of the molecule is CC[C@@H](C)C1OC(C(=O)OCc2ccccc2)=C[C@H]2OC(C)(C)OC12. The number of carbonyl (C=O) groups is 1. The quantitative estimate of drug-likeness (QED) is 0.763. The molecule has 2 heterocycles. The van der Waals surface area contributed by atoms with E-state index in [1.807, 2.05) is 44.2 Å². The number of rotatable bonds is 5. The van der Waals surface area contributed by atoms with Crippen LogP contribution < -0.4 is 0 Å². The van der Waals surface area contributed by atoms with Gasteiger partial charge < -0.3 is 18.9 Å². The molecule has 136 valence electrons. The van der Waals surface area contributed by atoms with Crippen LogP contribution in [0.25, 0.3) is 0 Å². The van der Waals surface area contributed by atoms with Crippen molar-refractivity contribution in [2.75, 3.05) is 0 Å². The number of ether oxygens (including phenoxy) is 4. The maximum Gasteiger partial charge on any atom is 0.373 e. The van der Waals surface area contributed by atoms with E-state index in [1.54, 1.807) is 6.08 Å². The molecule has 25 heavy (non-hydrogen) atoms. The highest BCUT2D eigenvalue weighted by Gasteiger charge is 2.50. The standard InChI is InChI=1S/C20H26O5/c1-5-13(2)17-18-15(24-20(3,4)25-18)11-16(23-17)19(21)22-12-14-9-7-6-8-10-14/h6-11,13,15,17-18H,5,12H2,1-4H3/t13-,15-,17?,18?/m1/s1. The van der Waals surface area contributed by atoms with Gasteiger partial charge in [-0.3, -0.25) is 0 Å². The van der Waals surface area contributed by atoms with Gasteiger partial charge in [0.2, 0.25) is 5.76 Å². The molecule has 0 aromatic heterocycles. The van der Waals surface area contributed by atoms with E-state index in [9.17, 15) is 4.79 Å². The maximum atomic E-state index is 12.5. The van der Waals surface area contributed by atoms with Crippen LogP contribution in [0.1, 0.15) is 39.7 Å². The zero-order valence-electron chi connectivity index (χ0n) is 15.2. The zero-order valence-corrected chi connectivity index (χ0v) is 15.2. The minimum absolute atomic E-state index is 0.212. The van der Waals surface area contributed by atoms with E-state index in [0.717, 1.165) is 12.0 Å². The summed E-state index contributed by atoms with van der Waals surface area (Å²) in [6, 6.07) is 9.58. The van der Waals surface area contributed by atoms with Gasteiger partial charge >= 0.3 is 5.97 Å². The highest BCUT2D eigenvalue weighted by molar-refractivity contribution is 5.86. The fourth-order valence-corrected chi connectivity index (χ4v) is 3.19. The Kier molecular flexibility index (Phi) is 5.16. The van der Waals surface area contributed by atoms with E-state index in [2.05, 4.69) is 13.8 Å². The second-order valence-corrected chi connectivity index (χ2v) is 7.13. The molecular weight excluding hydrogens is 320 g/mol. The molecule has 0 N–H and O–H groups in total. The molecule has 3 rings (SSSR count). The van der Waals surface area contributed by atoms with Gasteiger partial charge in [-0.15, -0.1) is 0 Å². The molecule has 5 nitrogen and oxygen atoms in total. The molecule has 0 bridgehead atoms. The molecule has 1 aromatic rings. The summed E-state index contributed by atoms with van der Waals surface area (Å²) in [5, 5.41) is 0. The van der Waals surface area contributed by atoms with Crippen molar-refractivity contribution in [3.63, 3.8) is 0 Å². The molecule has 0 spiro atoms. The smallest absolute Gasteiger partial charge is 0.373 e. The Balaban J connectivity index is 1.73. The van der Waals surface area contributed by atoms with Gasteiger partial charge in [0.1, 0.15) is 24.9 Å². The van der Waals surface area contributed by atoms with Gasteiger partial charge in [0.15, 0.2) is 5.79 Å². The highest BCUT2D eigenvalue weighted by atomic mass is 16.8. The summed E-state index contributed by atoms with van der Waals surface area (Å²) in [5.41, 5.74) is 0.935. The third-order valence-corrected chi connectivity index (χ3v) is 4.68. The van der Waals surface area contributed by atoms with E-state index in [1.165, 1.54) is 0 Å². The number of carbonyl (C=O) groups excluding carboxylic acids is 1. The zero-order chi connectivity index (χ0) is 18.0. The third-order valence-electron chi connectivity index (χ3n) is 4.68. The highest BCUT2D eigenvalue weighted by Crippen LogP contribution is 2.38. The maximum absolute atomic E-state index is 12.5. The Hall–Kier alpha value is -1.85. The molecule has 4 atom stereocenters. The topological polar surface area (TPSA) is 54.0 Å². The van der Waals surface area contributed by atoms with Crippen LogP contribution in [0, 0.1) is 5.92 Å². The Morgan fingerprint density at radius 1 is 1.24 bits per heavy atom. The van der Waals surface area contributed by atoms with Crippen LogP contribution in [-0.4, -0.2) is 30.1 Å². The average molecular weight is 346 g/mol.